The summed E-state index contributed by atoms with van der Waals surface area (Å²) < 4.78 is 0. The molecule has 2 aromatic carbocycles. The molecule has 1 saturated heterocycles. The minimum atomic E-state index is -0.182. The Morgan fingerprint density at radius 3 is 2.45 bits per heavy atom. The lowest BCUT2D eigenvalue weighted by Crippen LogP contribution is -2.52. The van der Waals surface area contributed by atoms with E-state index in [4.69, 9.17) is 4.99 Å². The molecule has 1 aliphatic heterocycles. The lowest BCUT2D eigenvalue weighted by Gasteiger charge is -2.37. The molecule has 0 bridgehead atoms. The van der Waals surface area contributed by atoms with E-state index < -0.39 is 0 Å². The first kappa shape index (κ1) is 24.8. The van der Waals surface area contributed by atoms with Crippen molar-refractivity contribution in [3.8, 4) is 5.75 Å². The maximum Gasteiger partial charge on any atom is 0.251 e. The Labute approximate surface area is 201 Å². The Balaban J connectivity index is 0.00000341. The number of phenolic OH excluding ortho intramolecular Hbond substituents is 1. The van der Waals surface area contributed by atoms with Gasteiger partial charge in [-0.25, -0.2) is 0 Å². The molecule has 0 atom stereocenters. The van der Waals surface area contributed by atoms with Crippen LogP contribution in [0, 0.1) is 0 Å². The van der Waals surface area contributed by atoms with Crippen molar-refractivity contribution >= 4 is 41.5 Å². The van der Waals surface area contributed by atoms with Crippen molar-refractivity contribution in [2.24, 2.45) is 4.99 Å². The molecule has 168 valence electrons. The smallest absolute Gasteiger partial charge is 0.251 e. The van der Waals surface area contributed by atoms with Crippen LogP contribution in [0.15, 0.2) is 59.6 Å². The van der Waals surface area contributed by atoms with Crippen molar-refractivity contribution in [3.05, 3.63) is 60.2 Å². The summed E-state index contributed by atoms with van der Waals surface area (Å²) in [7, 11) is 0. The third-order valence-corrected chi connectivity index (χ3v) is 5.03. The van der Waals surface area contributed by atoms with Crippen LogP contribution in [0.3, 0.4) is 0 Å². The minimum Gasteiger partial charge on any atom is -0.508 e. The van der Waals surface area contributed by atoms with Gasteiger partial charge in [0, 0.05) is 57.1 Å². The maximum absolute atomic E-state index is 12.1. The lowest BCUT2D eigenvalue weighted by atomic mass is 10.2. The molecule has 0 saturated carbocycles. The number of aromatic hydroxyl groups is 1. The molecule has 0 radical (unpaired) electrons. The number of nitrogens with one attached hydrogen (secondary N) is 2. The van der Waals surface area contributed by atoms with Crippen LogP contribution < -0.4 is 15.5 Å². The van der Waals surface area contributed by atoms with Gasteiger partial charge in [-0.2, -0.15) is 0 Å². The number of nitrogens with zero attached hydrogens (tertiary/aromatic N) is 3. The standard InChI is InChI=1S/C23H31N5O2.HI/c1-2-24-23(28-16-14-27(15-17-28)20-9-4-3-5-10-20)26-13-7-12-25-22(30)19-8-6-11-21(29)18-19;/h3-6,8-11,18,29H,2,7,12-17H2,1H3,(H,24,26)(H,25,30);1H. The molecule has 8 heteroatoms. The third-order valence-electron chi connectivity index (χ3n) is 5.03. The van der Waals surface area contributed by atoms with Gasteiger partial charge >= 0.3 is 0 Å². The summed E-state index contributed by atoms with van der Waals surface area (Å²) in [5.74, 6) is 0.846. The number of hydrogen-bond donors (Lipinski definition) is 3. The van der Waals surface area contributed by atoms with Crippen molar-refractivity contribution in [3.63, 3.8) is 0 Å². The summed E-state index contributed by atoms with van der Waals surface area (Å²) in [4.78, 5) is 21.5. The number of rotatable bonds is 7. The van der Waals surface area contributed by atoms with Crippen molar-refractivity contribution in [2.75, 3.05) is 50.7 Å². The number of phenols is 1. The minimum absolute atomic E-state index is 0. The summed E-state index contributed by atoms with van der Waals surface area (Å²) in [6, 6.07) is 16.9. The zero-order valence-electron chi connectivity index (χ0n) is 18.0. The van der Waals surface area contributed by atoms with E-state index in [1.165, 1.54) is 11.8 Å². The molecule has 1 fully saturated rings. The second-order valence-corrected chi connectivity index (χ2v) is 7.21. The second-order valence-electron chi connectivity index (χ2n) is 7.21. The maximum atomic E-state index is 12.1. The van der Waals surface area contributed by atoms with Crippen LogP contribution in [0.5, 0.6) is 5.75 Å². The fourth-order valence-corrected chi connectivity index (χ4v) is 3.46. The summed E-state index contributed by atoms with van der Waals surface area (Å²) in [5, 5.41) is 15.7. The average Bonchev–Trinajstić information content (AvgIpc) is 2.79. The van der Waals surface area contributed by atoms with Crippen LogP contribution in [-0.4, -0.2) is 67.7 Å². The van der Waals surface area contributed by atoms with Gasteiger partial charge in [0.2, 0.25) is 0 Å². The number of guanidine groups is 1. The zero-order valence-corrected chi connectivity index (χ0v) is 20.3. The van der Waals surface area contributed by atoms with Crippen LogP contribution in [0.4, 0.5) is 5.69 Å². The van der Waals surface area contributed by atoms with E-state index in [-0.39, 0.29) is 35.6 Å². The van der Waals surface area contributed by atoms with Crippen LogP contribution in [-0.2, 0) is 0 Å². The van der Waals surface area contributed by atoms with Crippen LogP contribution in [0.25, 0.3) is 0 Å². The average molecular weight is 537 g/mol. The molecule has 0 aromatic heterocycles. The summed E-state index contributed by atoms with van der Waals surface area (Å²) in [6.07, 6.45) is 0.753. The first-order chi connectivity index (χ1) is 14.7. The Kier molecular flexibility index (Phi) is 10.4. The first-order valence-electron chi connectivity index (χ1n) is 10.6. The summed E-state index contributed by atoms with van der Waals surface area (Å²) in [5.41, 5.74) is 1.73. The Morgan fingerprint density at radius 2 is 1.77 bits per heavy atom. The molecule has 1 heterocycles. The number of amides is 1. The normalized spacial score (nSPS) is 14.0. The van der Waals surface area contributed by atoms with E-state index in [9.17, 15) is 9.90 Å². The molecule has 0 aliphatic carbocycles. The van der Waals surface area contributed by atoms with Crippen molar-refractivity contribution in [2.45, 2.75) is 13.3 Å². The van der Waals surface area contributed by atoms with Crippen molar-refractivity contribution in [1.82, 2.24) is 15.5 Å². The Hall–Kier alpha value is -2.49. The van der Waals surface area contributed by atoms with Crippen LogP contribution in [0.2, 0.25) is 0 Å². The van der Waals surface area contributed by atoms with E-state index in [0.29, 0.717) is 18.7 Å². The number of carbonyl (C=O) groups is 1. The molecule has 3 N–H and O–H groups in total. The van der Waals surface area contributed by atoms with Crippen LogP contribution >= 0.6 is 24.0 Å². The highest BCUT2D eigenvalue weighted by Crippen LogP contribution is 2.15. The predicted octanol–water partition coefficient (Wildman–Crippen LogP) is 2.92. The third kappa shape index (κ3) is 7.61. The quantitative estimate of drug-likeness (QED) is 0.219. The molecule has 2 aromatic rings. The SMILES string of the molecule is CCNC(=NCCCNC(=O)c1cccc(O)c1)N1CCN(c2ccccc2)CC1.I. The van der Waals surface area contributed by atoms with Crippen molar-refractivity contribution < 1.29 is 9.90 Å². The fraction of sp³-hybridized carbons (Fsp3) is 0.391. The second kappa shape index (κ2) is 13.0. The highest BCUT2D eigenvalue weighted by atomic mass is 127. The highest BCUT2D eigenvalue weighted by Gasteiger charge is 2.19. The van der Waals surface area contributed by atoms with Gasteiger partial charge in [-0.1, -0.05) is 24.3 Å². The molecule has 7 nitrogen and oxygen atoms in total. The summed E-state index contributed by atoms with van der Waals surface area (Å²) >= 11 is 0. The van der Waals surface area contributed by atoms with Gasteiger partial charge in [0.15, 0.2) is 5.96 Å². The van der Waals surface area contributed by atoms with Gasteiger partial charge in [0.25, 0.3) is 5.91 Å². The Morgan fingerprint density at radius 1 is 1.03 bits per heavy atom. The largest absolute Gasteiger partial charge is 0.508 e. The van der Waals surface area contributed by atoms with E-state index in [1.807, 2.05) is 6.07 Å². The van der Waals surface area contributed by atoms with Crippen LogP contribution in [0.1, 0.15) is 23.7 Å². The molecular formula is C23H32IN5O2. The van der Waals surface area contributed by atoms with E-state index in [2.05, 4.69) is 51.6 Å². The number of aliphatic imine (C=N–C) groups is 1. The van der Waals surface area contributed by atoms with Gasteiger partial charge in [-0.3, -0.25) is 9.79 Å². The molecule has 3 rings (SSSR count). The molecular weight excluding hydrogens is 505 g/mol. The van der Waals surface area contributed by atoms with Gasteiger partial charge in [0.05, 0.1) is 0 Å². The molecule has 0 spiro atoms. The molecule has 1 amide bonds. The number of para-hydroxylation sites is 1. The van der Waals surface area contributed by atoms with Gasteiger partial charge in [-0.05, 0) is 43.7 Å². The predicted molar refractivity (Wildman–Crippen MR) is 137 cm³/mol. The number of halogens is 1. The number of piperazine rings is 1. The number of carbonyl (C=O) groups excluding carboxylic acids is 1. The summed E-state index contributed by atoms with van der Waals surface area (Å²) in [6.45, 7) is 7.87. The zero-order chi connectivity index (χ0) is 21.2. The number of anilines is 1. The van der Waals surface area contributed by atoms with Gasteiger partial charge < -0.3 is 25.5 Å². The fourth-order valence-electron chi connectivity index (χ4n) is 3.46. The van der Waals surface area contributed by atoms with Gasteiger partial charge in [-0.15, -0.1) is 24.0 Å². The molecule has 1 aliphatic rings. The number of benzene rings is 2. The van der Waals surface area contributed by atoms with Crippen molar-refractivity contribution in [1.29, 1.82) is 0 Å². The lowest BCUT2D eigenvalue weighted by molar-refractivity contribution is 0.0953. The van der Waals surface area contributed by atoms with E-state index >= 15 is 0 Å². The molecule has 0 unspecified atom stereocenters. The monoisotopic (exact) mass is 537 g/mol. The highest BCUT2D eigenvalue weighted by molar-refractivity contribution is 14.0. The first-order valence-corrected chi connectivity index (χ1v) is 10.6. The number of hydrogen-bond acceptors (Lipinski definition) is 4. The Bertz CT molecular complexity index is 839. The van der Waals surface area contributed by atoms with E-state index in [1.54, 1.807) is 18.2 Å². The van der Waals surface area contributed by atoms with E-state index in [0.717, 1.165) is 45.1 Å². The topological polar surface area (TPSA) is 80.2 Å². The van der Waals surface area contributed by atoms with Gasteiger partial charge in [0.1, 0.15) is 5.75 Å². The molecule has 31 heavy (non-hydrogen) atoms.